The van der Waals surface area contributed by atoms with Crippen molar-refractivity contribution in [2.45, 2.75) is 32.6 Å². The van der Waals surface area contributed by atoms with Gasteiger partial charge in [-0.25, -0.2) is 13.8 Å². The van der Waals surface area contributed by atoms with Crippen LogP contribution in [0.2, 0.25) is 5.02 Å². The summed E-state index contributed by atoms with van der Waals surface area (Å²) in [6.45, 7) is 7.49. The van der Waals surface area contributed by atoms with Crippen molar-refractivity contribution in [3.8, 4) is 22.9 Å². The number of hydrazone groups is 1. The third-order valence-corrected chi connectivity index (χ3v) is 9.16. The molecule has 0 unspecified atom stereocenters. The highest BCUT2D eigenvalue weighted by molar-refractivity contribution is 7.92. The van der Waals surface area contributed by atoms with Gasteiger partial charge in [-0.1, -0.05) is 29.8 Å². The minimum atomic E-state index is -4.34. The van der Waals surface area contributed by atoms with Crippen molar-refractivity contribution in [3.63, 3.8) is 0 Å². The van der Waals surface area contributed by atoms with Gasteiger partial charge < -0.3 is 18.8 Å². The highest BCUT2D eigenvalue weighted by Crippen LogP contribution is 2.37. The minimum absolute atomic E-state index is 0.0751. The predicted octanol–water partition coefficient (Wildman–Crippen LogP) is 5.74. The number of amides is 1. The number of carbonyl (C=O) groups is 1. The van der Waals surface area contributed by atoms with Gasteiger partial charge in [0, 0.05) is 28.0 Å². The summed E-state index contributed by atoms with van der Waals surface area (Å²) in [5.74, 6) is 0.0751. The number of benzene rings is 3. The standard InChI is InChI=1S/C32H35ClN4O6S/c1-20-9-8-10-21(2)32(20)37-22(3)15-24(23(37)4)18-34-35-31(38)19-36(27-16-25(33)11-13-28(27)41-5)44(39,40)26-12-14-29(42-6)30(17-26)43-7/h8-18H,19H2,1-7H3,(H,35,38)/b34-18-. The molecule has 0 aliphatic carbocycles. The third kappa shape index (κ3) is 6.53. The van der Waals surface area contributed by atoms with Crippen LogP contribution in [-0.4, -0.2) is 53.0 Å². The lowest BCUT2D eigenvalue weighted by Gasteiger charge is -2.25. The van der Waals surface area contributed by atoms with Gasteiger partial charge in [-0.05, 0) is 75.2 Å². The maximum Gasteiger partial charge on any atom is 0.265 e. The van der Waals surface area contributed by atoms with Crippen molar-refractivity contribution in [2.24, 2.45) is 5.10 Å². The molecule has 0 aliphatic rings. The lowest BCUT2D eigenvalue weighted by Crippen LogP contribution is -2.39. The van der Waals surface area contributed by atoms with Crippen molar-refractivity contribution < 1.29 is 27.4 Å². The number of para-hydroxylation sites is 1. The molecule has 0 radical (unpaired) electrons. The number of carbonyl (C=O) groups excluding carboxylic acids is 1. The van der Waals surface area contributed by atoms with E-state index in [1.165, 1.54) is 57.9 Å². The first-order valence-electron chi connectivity index (χ1n) is 13.6. The summed E-state index contributed by atoms with van der Waals surface area (Å²) in [7, 11) is -0.0962. The molecular weight excluding hydrogens is 604 g/mol. The molecule has 1 amide bonds. The van der Waals surface area contributed by atoms with E-state index >= 15 is 0 Å². The van der Waals surface area contributed by atoms with Gasteiger partial charge in [-0.15, -0.1) is 0 Å². The van der Waals surface area contributed by atoms with Crippen LogP contribution in [0, 0.1) is 27.7 Å². The summed E-state index contributed by atoms with van der Waals surface area (Å²) in [5.41, 5.74) is 8.66. The van der Waals surface area contributed by atoms with Crippen LogP contribution >= 0.6 is 11.6 Å². The lowest BCUT2D eigenvalue weighted by atomic mass is 10.1. The zero-order valence-electron chi connectivity index (χ0n) is 25.6. The molecule has 4 rings (SSSR count). The van der Waals surface area contributed by atoms with E-state index in [-0.39, 0.29) is 27.1 Å². The van der Waals surface area contributed by atoms with Crippen LogP contribution in [0.1, 0.15) is 28.1 Å². The quantitative estimate of drug-likeness (QED) is 0.166. The lowest BCUT2D eigenvalue weighted by molar-refractivity contribution is -0.119. The van der Waals surface area contributed by atoms with Crippen LogP contribution in [0.4, 0.5) is 5.69 Å². The number of aryl methyl sites for hydroxylation is 3. The second-order valence-electron chi connectivity index (χ2n) is 10.0. The Morgan fingerprint density at radius 1 is 0.909 bits per heavy atom. The van der Waals surface area contributed by atoms with Gasteiger partial charge >= 0.3 is 0 Å². The normalized spacial score (nSPS) is 11.5. The zero-order chi connectivity index (χ0) is 32.2. The second kappa shape index (κ2) is 13.4. The molecule has 1 aromatic heterocycles. The van der Waals surface area contributed by atoms with Gasteiger partial charge in [0.1, 0.15) is 12.3 Å². The Morgan fingerprint density at radius 3 is 2.18 bits per heavy atom. The summed E-state index contributed by atoms with van der Waals surface area (Å²) in [6.07, 6.45) is 1.54. The fourth-order valence-electron chi connectivity index (χ4n) is 5.02. The zero-order valence-corrected chi connectivity index (χ0v) is 27.2. The number of hydrogen-bond acceptors (Lipinski definition) is 7. The fraction of sp³-hybridized carbons (Fsp3) is 0.250. The first kappa shape index (κ1) is 32.4. The van der Waals surface area contributed by atoms with E-state index in [0.29, 0.717) is 5.75 Å². The van der Waals surface area contributed by atoms with Crippen molar-refractivity contribution in [1.82, 2.24) is 9.99 Å². The number of ether oxygens (including phenoxy) is 3. The van der Waals surface area contributed by atoms with Crippen LogP contribution in [0.3, 0.4) is 0 Å². The summed E-state index contributed by atoms with van der Waals surface area (Å²) in [5, 5.41) is 4.41. The monoisotopic (exact) mass is 638 g/mol. The average Bonchev–Trinajstić information content (AvgIpc) is 3.27. The molecular formula is C32H35ClN4O6S. The molecule has 1 N–H and O–H groups in total. The van der Waals surface area contributed by atoms with Crippen molar-refractivity contribution in [1.29, 1.82) is 0 Å². The molecule has 10 nitrogen and oxygen atoms in total. The molecule has 0 bridgehead atoms. The first-order chi connectivity index (χ1) is 20.9. The number of sulfonamides is 1. The fourth-order valence-corrected chi connectivity index (χ4v) is 6.63. The number of anilines is 1. The van der Waals surface area contributed by atoms with E-state index in [1.807, 2.05) is 26.0 Å². The van der Waals surface area contributed by atoms with Crippen LogP contribution < -0.4 is 23.9 Å². The SMILES string of the molecule is COc1ccc(S(=O)(=O)N(CC(=O)N/N=C\c2cc(C)n(-c3c(C)cccc3C)c2C)c2cc(Cl)ccc2OC)cc1OC. The molecule has 0 atom stereocenters. The Bertz CT molecular complexity index is 1810. The molecule has 1 heterocycles. The van der Waals surface area contributed by atoms with Gasteiger partial charge in [0.25, 0.3) is 15.9 Å². The Kier molecular flexibility index (Phi) is 9.91. The Labute approximate surface area is 262 Å². The Balaban J connectivity index is 1.66. The number of nitrogens with one attached hydrogen (secondary N) is 1. The maximum absolute atomic E-state index is 14.0. The first-order valence-corrected chi connectivity index (χ1v) is 15.4. The maximum atomic E-state index is 14.0. The summed E-state index contributed by atoms with van der Waals surface area (Å²) in [6, 6.07) is 16.8. The van der Waals surface area contributed by atoms with Gasteiger partial charge in [0.05, 0.1) is 43.8 Å². The highest BCUT2D eigenvalue weighted by atomic mass is 35.5. The highest BCUT2D eigenvalue weighted by Gasteiger charge is 2.31. The topological polar surface area (TPSA) is 111 Å². The molecule has 232 valence electrons. The van der Waals surface area contributed by atoms with Crippen molar-refractivity contribution in [2.75, 3.05) is 32.2 Å². The number of nitrogens with zero attached hydrogens (tertiary/aromatic N) is 3. The van der Waals surface area contributed by atoms with E-state index in [4.69, 9.17) is 25.8 Å². The summed E-state index contributed by atoms with van der Waals surface area (Å²) in [4.78, 5) is 13.1. The molecule has 0 saturated heterocycles. The van der Waals surface area contributed by atoms with Gasteiger partial charge in [0.2, 0.25) is 0 Å². The number of rotatable bonds is 11. The van der Waals surface area contributed by atoms with Crippen LogP contribution in [0.15, 0.2) is 70.7 Å². The van der Waals surface area contributed by atoms with Gasteiger partial charge in [-0.3, -0.25) is 9.10 Å². The second-order valence-corrected chi connectivity index (χ2v) is 12.3. The van der Waals surface area contributed by atoms with Crippen LogP contribution in [-0.2, 0) is 14.8 Å². The molecule has 4 aromatic rings. The van der Waals surface area contributed by atoms with E-state index < -0.39 is 22.5 Å². The number of aromatic nitrogens is 1. The minimum Gasteiger partial charge on any atom is -0.495 e. The largest absolute Gasteiger partial charge is 0.495 e. The molecule has 3 aromatic carbocycles. The number of halogens is 1. The molecule has 0 spiro atoms. The van der Waals surface area contributed by atoms with E-state index in [9.17, 15) is 13.2 Å². The molecule has 0 aliphatic heterocycles. The van der Waals surface area contributed by atoms with E-state index in [2.05, 4.69) is 41.1 Å². The smallest absolute Gasteiger partial charge is 0.265 e. The Morgan fingerprint density at radius 2 is 1.55 bits per heavy atom. The summed E-state index contributed by atoms with van der Waals surface area (Å²) < 4.78 is 47.0. The van der Waals surface area contributed by atoms with Crippen LogP contribution in [0.25, 0.3) is 5.69 Å². The van der Waals surface area contributed by atoms with Gasteiger partial charge in [0.15, 0.2) is 11.5 Å². The van der Waals surface area contributed by atoms with Crippen molar-refractivity contribution in [3.05, 3.63) is 93.8 Å². The summed E-state index contributed by atoms with van der Waals surface area (Å²) >= 11 is 6.24. The van der Waals surface area contributed by atoms with E-state index in [1.54, 1.807) is 6.07 Å². The molecule has 12 heteroatoms. The molecule has 44 heavy (non-hydrogen) atoms. The molecule has 0 fully saturated rings. The molecule has 0 saturated carbocycles. The van der Waals surface area contributed by atoms with Crippen LogP contribution in [0.5, 0.6) is 17.2 Å². The van der Waals surface area contributed by atoms with E-state index in [0.717, 1.165) is 38.1 Å². The number of methoxy groups -OCH3 is 3. The predicted molar refractivity (Wildman–Crippen MR) is 173 cm³/mol. The number of hydrogen-bond donors (Lipinski definition) is 1. The van der Waals surface area contributed by atoms with Crippen molar-refractivity contribution >= 4 is 39.4 Å². The third-order valence-electron chi connectivity index (χ3n) is 7.17. The average molecular weight is 639 g/mol. The van der Waals surface area contributed by atoms with Gasteiger partial charge in [-0.2, -0.15) is 5.10 Å². The Hall–Kier alpha value is -4.48.